The Kier molecular flexibility index (Phi) is 5.55. The van der Waals surface area contributed by atoms with E-state index in [-0.39, 0.29) is 0 Å². The normalized spacial score (nSPS) is 10.3. The van der Waals surface area contributed by atoms with Crippen molar-refractivity contribution >= 4 is 52.3 Å². The number of esters is 1. The highest BCUT2D eigenvalue weighted by Gasteiger charge is 2.10. The van der Waals surface area contributed by atoms with Gasteiger partial charge in [0.2, 0.25) is 5.95 Å². The molecule has 0 spiro atoms. The minimum atomic E-state index is -0.455. The zero-order valence-corrected chi connectivity index (χ0v) is 15.2. The summed E-state index contributed by atoms with van der Waals surface area (Å²) in [5.74, 6) is 0.460. The van der Waals surface area contributed by atoms with Crippen molar-refractivity contribution in [2.45, 2.75) is 0 Å². The quantitative estimate of drug-likeness (QED) is 0.595. The molecule has 0 radical (unpaired) electrons. The second-order valence-electron chi connectivity index (χ2n) is 5.21. The molecule has 0 aliphatic rings. The number of benzene rings is 2. The van der Waals surface area contributed by atoms with Gasteiger partial charge in [-0.1, -0.05) is 23.2 Å². The number of aromatic nitrogens is 2. The molecule has 0 unspecified atom stereocenters. The minimum absolute atomic E-state index is 0.327. The van der Waals surface area contributed by atoms with Crippen LogP contribution in [0.4, 0.5) is 23.1 Å². The first kappa shape index (κ1) is 18.0. The molecule has 8 heteroatoms. The van der Waals surface area contributed by atoms with E-state index < -0.39 is 5.97 Å². The summed E-state index contributed by atoms with van der Waals surface area (Å²) in [5, 5.41) is 7.24. The Morgan fingerprint density at radius 2 is 1.81 bits per heavy atom. The average molecular weight is 389 g/mol. The molecule has 26 heavy (non-hydrogen) atoms. The average Bonchev–Trinajstić information content (AvgIpc) is 2.65. The van der Waals surface area contributed by atoms with Gasteiger partial charge in [0.05, 0.1) is 23.4 Å². The minimum Gasteiger partial charge on any atom is -0.465 e. The Morgan fingerprint density at radius 3 is 2.54 bits per heavy atom. The summed E-state index contributed by atoms with van der Waals surface area (Å²) < 4.78 is 4.71. The van der Waals surface area contributed by atoms with E-state index >= 15 is 0 Å². The lowest BCUT2D eigenvalue weighted by atomic mass is 10.2. The molecule has 132 valence electrons. The summed E-state index contributed by atoms with van der Waals surface area (Å²) in [5.41, 5.74) is 1.71. The fraction of sp³-hybridized carbons (Fsp3) is 0.0556. The molecular weight excluding hydrogens is 375 g/mol. The largest absolute Gasteiger partial charge is 0.465 e. The molecule has 0 aliphatic carbocycles. The highest BCUT2D eigenvalue weighted by atomic mass is 35.5. The number of methoxy groups -OCH3 is 1. The molecule has 0 amide bonds. The topological polar surface area (TPSA) is 76.1 Å². The third-order valence-corrected chi connectivity index (χ3v) is 3.99. The molecule has 0 atom stereocenters. The van der Waals surface area contributed by atoms with Crippen LogP contribution < -0.4 is 10.6 Å². The Labute approximate surface area is 160 Å². The number of hydrogen-bond donors (Lipinski definition) is 2. The van der Waals surface area contributed by atoms with Crippen molar-refractivity contribution < 1.29 is 9.53 Å². The summed E-state index contributed by atoms with van der Waals surface area (Å²) in [6.07, 6.45) is 1.60. The molecule has 3 rings (SSSR count). The van der Waals surface area contributed by atoms with E-state index in [1.165, 1.54) is 7.11 Å². The number of halogens is 2. The van der Waals surface area contributed by atoms with E-state index in [4.69, 9.17) is 27.9 Å². The van der Waals surface area contributed by atoms with Crippen LogP contribution in [0.1, 0.15) is 10.4 Å². The van der Waals surface area contributed by atoms with Gasteiger partial charge in [-0.25, -0.2) is 9.78 Å². The van der Waals surface area contributed by atoms with Crippen molar-refractivity contribution in [1.82, 2.24) is 9.97 Å². The zero-order chi connectivity index (χ0) is 18.5. The summed E-state index contributed by atoms with van der Waals surface area (Å²) in [6, 6.07) is 13.7. The summed E-state index contributed by atoms with van der Waals surface area (Å²) in [6.45, 7) is 0. The lowest BCUT2D eigenvalue weighted by Gasteiger charge is -2.10. The van der Waals surface area contributed by atoms with Crippen LogP contribution in [0.15, 0.2) is 54.7 Å². The molecule has 0 saturated carbocycles. The third-order valence-electron chi connectivity index (χ3n) is 3.41. The van der Waals surface area contributed by atoms with Crippen LogP contribution in [0.25, 0.3) is 0 Å². The van der Waals surface area contributed by atoms with Gasteiger partial charge in [0, 0.05) is 16.9 Å². The van der Waals surface area contributed by atoms with Gasteiger partial charge < -0.3 is 15.4 Å². The third kappa shape index (κ3) is 4.41. The molecule has 2 N–H and O–H groups in total. The smallest absolute Gasteiger partial charge is 0.337 e. The van der Waals surface area contributed by atoms with Crippen LogP contribution in [-0.4, -0.2) is 23.0 Å². The summed E-state index contributed by atoms with van der Waals surface area (Å²) in [7, 11) is 1.32. The molecule has 0 fully saturated rings. The van der Waals surface area contributed by atoms with Crippen molar-refractivity contribution in [2.24, 2.45) is 0 Å². The van der Waals surface area contributed by atoms with E-state index in [1.54, 1.807) is 42.6 Å². The van der Waals surface area contributed by atoms with Gasteiger partial charge in [-0.15, -0.1) is 0 Å². The lowest BCUT2D eigenvalue weighted by molar-refractivity contribution is 0.0601. The number of rotatable bonds is 5. The number of nitrogens with one attached hydrogen (secondary N) is 2. The molecule has 0 bridgehead atoms. The van der Waals surface area contributed by atoms with E-state index in [9.17, 15) is 4.79 Å². The molecular formula is C18H14Cl2N4O2. The SMILES string of the molecule is COC(=O)c1ccc(Cl)c(Nc2nccc(Nc3ccc(Cl)cc3)n2)c1. The number of anilines is 4. The molecule has 0 aliphatic heterocycles. The predicted molar refractivity (Wildman–Crippen MR) is 103 cm³/mol. The van der Waals surface area contributed by atoms with Crippen molar-refractivity contribution in [1.29, 1.82) is 0 Å². The number of ether oxygens (including phenoxy) is 1. The fourth-order valence-electron chi connectivity index (χ4n) is 2.16. The van der Waals surface area contributed by atoms with Gasteiger partial charge in [-0.05, 0) is 48.5 Å². The molecule has 6 nitrogen and oxygen atoms in total. The van der Waals surface area contributed by atoms with Gasteiger partial charge >= 0.3 is 5.97 Å². The molecule has 1 aromatic heterocycles. The van der Waals surface area contributed by atoms with E-state index in [0.717, 1.165) is 5.69 Å². The second-order valence-corrected chi connectivity index (χ2v) is 6.05. The Balaban J connectivity index is 1.80. The maximum absolute atomic E-state index is 11.7. The van der Waals surface area contributed by atoms with Crippen molar-refractivity contribution in [3.8, 4) is 0 Å². The maximum Gasteiger partial charge on any atom is 0.337 e. The van der Waals surface area contributed by atoms with E-state index in [1.807, 2.05) is 12.1 Å². The number of hydrogen-bond acceptors (Lipinski definition) is 6. The zero-order valence-electron chi connectivity index (χ0n) is 13.7. The van der Waals surface area contributed by atoms with Crippen LogP contribution >= 0.6 is 23.2 Å². The van der Waals surface area contributed by atoms with Crippen molar-refractivity contribution in [3.63, 3.8) is 0 Å². The maximum atomic E-state index is 11.7. The standard InChI is InChI=1S/C18H14Cl2N4O2/c1-26-17(25)11-2-7-14(20)15(10-11)23-18-21-9-8-16(24-18)22-13-5-3-12(19)4-6-13/h2-10H,1H3,(H2,21,22,23,24). The first-order valence-corrected chi connectivity index (χ1v) is 8.31. The first-order valence-electron chi connectivity index (χ1n) is 7.55. The number of carbonyl (C=O) groups excluding carboxylic acids is 1. The van der Waals surface area contributed by atoms with Crippen LogP contribution in [0.5, 0.6) is 0 Å². The van der Waals surface area contributed by atoms with Gasteiger partial charge in [-0.2, -0.15) is 4.98 Å². The predicted octanol–water partition coefficient (Wildman–Crippen LogP) is 5.06. The highest BCUT2D eigenvalue weighted by Crippen LogP contribution is 2.26. The molecule has 2 aromatic carbocycles. The van der Waals surface area contributed by atoms with Gasteiger partial charge in [0.25, 0.3) is 0 Å². The monoisotopic (exact) mass is 388 g/mol. The van der Waals surface area contributed by atoms with Crippen LogP contribution in [-0.2, 0) is 4.74 Å². The number of nitrogens with zero attached hydrogens (tertiary/aromatic N) is 2. The second kappa shape index (κ2) is 8.03. The summed E-state index contributed by atoms with van der Waals surface area (Å²) in [4.78, 5) is 20.2. The number of carbonyl (C=O) groups is 1. The Morgan fingerprint density at radius 1 is 1.04 bits per heavy atom. The van der Waals surface area contributed by atoms with Crippen molar-refractivity contribution in [2.75, 3.05) is 17.7 Å². The molecule has 3 aromatic rings. The highest BCUT2D eigenvalue weighted by molar-refractivity contribution is 6.33. The van der Waals surface area contributed by atoms with Crippen molar-refractivity contribution in [3.05, 3.63) is 70.3 Å². The fourth-order valence-corrected chi connectivity index (χ4v) is 2.45. The van der Waals surface area contributed by atoms with Crippen LogP contribution in [0.2, 0.25) is 10.0 Å². The van der Waals surface area contributed by atoms with Crippen LogP contribution in [0.3, 0.4) is 0 Å². The van der Waals surface area contributed by atoms with Gasteiger partial charge in [0.1, 0.15) is 5.82 Å². The lowest BCUT2D eigenvalue weighted by Crippen LogP contribution is -2.04. The Hall–Kier alpha value is -2.83. The Bertz CT molecular complexity index is 933. The van der Waals surface area contributed by atoms with Gasteiger partial charge in [-0.3, -0.25) is 0 Å². The first-order chi connectivity index (χ1) is 12.5. The molecule has 1 heterocycles. The van der Waals surface area contributed by atoms with E-state index in [0.29, 0.717) is 33.1 Å². The van der Waals surface area contributed by atoms with Gasteiger partial charge in [0.15, 0.2) is 0 Å². The molecule has 0 saturated heterocycles. The van der Waals surface area contributed by atoms with E-state index in [2.05, 4.69) is 20.6 Å². The van der Waals surface area contributed by atoms with Crippen LogP contribution in [0, 0.1) is 0 Å². The summed E-state index contributed by atoms with van der Waals surface area (Å²) >= 11 is 12.1.